The molecule has 0 aliphatic rings. The van der Waals surface area contributed by atoms with E-state index in [0.717, 1.165) is 0 Å². The van der Waals surface area contributed by atoms with Gasteiger partial charge in [-0.25, -0.2) is 4.68 Å². The number of aromatic nitrogens is 2. The molecule has 0 radical (unpaired) electrons. The van der Waals surface area contributed by atoms with E-state index in [0.29, 0.717) is 50.3 Å². The number of nitrogens with two attached hydrogens (primary N) is 1. The molecular formula is C13H26N4O4. The molecule has 0 fully saturated rings. The van der Waals surface area contributed by atoms with Crippen LogP contribution < -0.4 is 11.1 Å². The van der Waals surface area contributed by atoms with Gasteiger partial charge in [0.15, 0.2) is 0 Å². The van der Waals surface area contributed by atoms with Crippen molar-refractivity contribution in [2.75, 3.05) is 30.8 Å². The summed E-state index contributed by atoms with van der Waals surface area (Å²) in [5.41, 5.74) is 6.33. The van der Waals surface area contributed by atoms with Crippen molar-refractivity contribution >= 4 is 11.5 Å². The summed E-state index contributed by atoms with van der Waals surface area (Å²) in [4.78, 5) is 0. The first-order chi connectivity index (χ1) is 10.1. The lowest BCUT2D eigenvalue weighted by molar-refractivity contribution is 0.120. The molecular weight excluding hydrogens is 276 g/mol. The first kappa shape index (κ1) is 17.7. The summed E-state index contributed by atoms with van der Waals surface area (Å²) in [7, 11) is 0. The molecule has 0 saturated heterocycles. The lowest BCUT2D eigenvalue weighted by Crippen LogP contribution is -2.18. The van der Waals surface area contributed by atoms with Gasteiger partial charge in [-0.3, -0.25) is 0 Å². The van der Waals surface area contributed by atoms with Gasteiger partial charge in [0.2, 0.25) is 0 Å². The largest absolute Gasteiger partial charge is 0.396 e. The number of nitrogens with zero attached hydrogens (tertiary/aromatic N) is 2. The summed E-state index contributed by atoms with van der Waals surface area (Å²) in [6.07, 6.45) is 2.08. The first-order valence-corrected chi connectivity index (χ1v) is 7.21. The highest BCUT2D eigenvalue weighted by Gasteiger charge is 2.11. The Hall–Kier alpha value is -1.35. The molecule has 0 amide bonds. The molecule has 2 unspecified atom stereocenters. The van der Waals surface area contributed by atoms with Crippen molar-refractivity contribution in [2.24, 2.45) is 0 Å². The van der Waals surface area contributed by atoms with Crippen LogP contribution in [0.5, 0.6) is 0 Å². The summed E-state index contributed by atoms with van der Waals surface area (Å²) < 4.78 is 1.66. The quantitative estimate of drug-likeness (QED) is 0.313. The van der Waals surface area contributed by atoms with Gasteiger partial charge in [-0.2, -0.15) is 5.10 Å². The van der Waals surface area contributed by atoms with Crippen molar-refractivity contribution in [2.45, 2.75) is 44.4 Å². The Labute approximate surface area is 124 Å². The zero-order valence-electron chi connectivity index (χ0n) is 12.1. The van der Waals surface area contributed by atoms with E-state index in [-0.39, 0.29) is 13.2 Å². The van der Waals surface area contributed by atoms with Crippen molar-refractivity contribution in [1.29, 1.82) is 0 Å². The van der Waals surface area contributed by atoms with Crippen molar-refractivity contribution < 1.29 is 20.4 Å². The summed E-state index contributed by atoms with van der Waals surface area (Å²) >= 11 is 0. The van der Waals surface area contributed by atoms with E-state index in [1.54, 1.807) is 4.68 Å². The van der Waals surface area contributed by atoms with Crippen LogP contribution in [0.25, 0.3) is 0 Å². The minimum atomic E-state index is -0.570. The molecule has 7 N–H and O–H groups in total. The van der Waals surface area contributed by atoms with Crippen molar-refractivity contribution in [3.05, 3.63) is 6.20 Å². The Morgan fingerprint density at radius 1 is 1.10 bits per heavy atom. The van der Waals surface area contributed by atoms with Gasteiger partial charge in [-0.05, 0) is 25.7 Å². The van der Waals surface area contributed by atoms with E-state index in [9.17, 15) is 10.2 Å². The maximum Gasteiger partial charge on any atom is 0.147 e. The highest BCUT2D eigenvalue weighted by Crippen LogP contribution is 2.18. The number of anilines is 2. The predicted octanol–water partition coefficient (Wildman–Crippen LogP) is -0.856. The zero-order chi connectivity index (χ0) is 15.7. The number of rotatable bonds is 11. The lowest BCUT2D eigenvalue weighted by Gasteiger charge is -2.14. The van der Waals surface area contributed by atoms with Crippen molar-refractivity contribution in [3.8, 4) is 0 Å². The third kappa shape index (κ3) is 6.30. The van der Waals surface area contributed by atoms with Gasteiger partial charge >= 0.3 is 0 Å². The Kier molecular flexibility index (Phi) is 8.06. The smallest absolute Gasteiger partial charge is 0.147 e. The van der Waals surface area contributed by atoms with E-state index >= 15 is 0 Å². The van der Waals surface area contributed by atoms with Crippen LogP contribution in [-0.4, -0.2) is 62.2 Å². The Balaban J connectivity index is 2.44. The van der Waals surface area contributed by atoms with E-state index < -0.39 is 12.2 Å². The van der Waals surface area contributed by atoms with Gasteiger partial charge in [0.25, 0.3) is 0 Å². The summed E-state index contributed by atoms with van der Waals surface area (Å²) in [6.45, 7) is 0.913. The monoisotopic (exact) mass is 302 g/mol. The fourth-order valence-corrected chi connectivity index (χ4v) is 1.98. The summed E-state index contributed by atoms with van der Waals surface area (Å²) in [5, 5.41) is 43.9. The highest BCUT2D eigenvalue weighted by atomic mass is 16.3. The molecule has 1 aromatic heterocycles. The number of hydrogen-bond donors (Lipinski definition) is 6. The number of aliphatic hydroxyl groups is 4. The maximum atomic E-state index is 9.61. The number of hydrogen-bond acceptors (Lipinski definition) is 7. The van der Waals surface area contributed by atoms with E-state index in [2.05, 4.69) is 10.4 Å². The second kappa shape index (κ2) is 9.56. The zero-order valence-corrected chi connectivity index (χ0v) is 12.1. The molecule has 1 aromatic rings. The molecule has 0 aromatic carbocycles. The molecule has 21 heavy (non-hydrogen) atoms. The van der Waals surface area contributed by atoms with Crippen LogP contribution in [-0.2, 0) is 6.54 Å². The minimum Gasteiger partial charge on any atom is -0.396 e. The van der Waals surface area contributed by atoms with Crippen LogP contribution in [0.1, 0.15) is 25.7 Å². The third-order valence-electron chi connectivity index (χ3n) is 3.24. The normalized spacial score (nSPS) is 14.1. The molecule has 122 valence electrons. The number of nitrogen functional groups attached to an aromatic ring is 1. The molecule has 0 spiro atoms. The fourth-order valence-electron chi connectivity index (χ4n) is 1.98. The maximum absolute atomic E-state index is 9.61. The van der Waals surface area contributed by atoms with Gasteiger partial charge in [0, 0.05) is 26.3 Å². The fraction of sp³-hybridized carbons (Fsp3) is 0.769. The number of aliphatic hydroxyl groups excluding tert-OH is 4. The molecule has 2 atom stereocenters. The lowest BCUT2D eigenvalue weighted by atomic mass is 10.2. The van der Waals surface area contributed by atoms with Gasteiger partial charge in [0.1, 0.15) is 5.82 Å². The second-order valence-electron chi connectivity index (χ2n) is 5.01. The highest BCUT2D eigenvalue weighted by molar-refractivity contribution is 5.60. The molecule has 0 aliphatic heterocycles. The van der Waals surface area contributed by atoms with Crippen LogP contribution in [0, 0.1) is 0 Å². The van der Waals surface area contributed by atoms with Gasteiger partial charge < -0.3 is 31.5 Å². The van der Waals surface area contributed by atoms with Crippen LogP contribution >= 0.6 is 0 Å². The van der Waals surface area contributed by atoms with Gasteiger partial charge in [-0.1, -0.05) is 0 Å². The molecule has 8 heteroatoms. The van der Waals surface area contributed by atoms with Crippen molar-refractivity contribution in [1.82, 2.24) is 9.78 Å². The number of nitrogens with one attached hydrogen (secondary N) is 1. The average molecular weight is 302 g/mol. The SMILES string of the molecule is Nc1cnn(CCC(O)CCO)c1NCCC(O)CCO. The van der Waals surface area contributed by atoms with Crippen LogP contribution in [0.2, 0.25) is 0 Å². The third-order valence-corrected chi connectivity index (χ3v) is 3.24. The Morgan fingerprint density at radius 3 is 2.33 bits per heavy atom. The standard InChI is InChI=1S/C13H26N4O4/c14-12-9-16-17(6-2-11(21)4-8-19)13(12)15-5-1-10(20)3-7-18/h9-11,15,18-21H,1-8,14H2. The summed E-state index contributed by atoms with van der Waals surface area (Å²) in [6, 6.07) is 0. The topological polar surface area (TPSA) is 137 Å². The van der Waals surface area contributed by atoms with E-state index in [4.69, 9.17) is 15.9 Å². The molecule has 0 bridgehead atoms. The van der Waals surface area contributed by atoms with E-state index in [1.165, 1.54) is 6.20 Å². The Morgan fingerprint density at radius 2 is 1.71 bits per heavy atom. The predicted molar refractivity (Wildman–Crippen MR) is 79.8 cm³/mol. The number of aryl methyl sites for hydroxylation is 1. The average Bonchev–Trinajstić information content (AvgIpc) is 2.78. The van der Waals surface area contributed by atoms with Crippen molar-refractivity contribution in [3.63, 3.8) is 0 Å². The second-order valence-corrected chi connectivity index (χ2v) is 5.01. The molecule has 1 rings (SSSR count). The Bertz CT molecular complexity index is 400. The first-order valence-electron chi connectivity index (χ1n) is 7.21. The van der Waals surface area contributed by atoms with Crippen LogP contribution in [0.4, 0.5) is 11.5 Å². The molecule has 0 aliphatic carbocycles. The van der Waals surface area contributed by atoms with Crippen LogP contribution in [0.15, 0.2) is 6.20 Å². The molecule has 0 saturated carbocycles. The van der Waals surface area contributed by atoms with Gasteiger partial charge in [0.05, 0.1) is 24.1 Å². The van der Waals surface area contributed by atoms with Crippen LogP contribution in [0.3, 0.4) is 0 Å². The van der Waals surface area contributed by atoms with E-state index in [1.807, 2.05) is 0 Å². The molecule has 8 nitrogen and oxygen atoms in total. The van der Waals surface area contributed by atoms with Gasteiger partial charge in [-0.15, -0.1) is 0 Å². The molecule has 1 heterocycles. The minimum absolute atomic E-state index is 0.0377. The summed E-state index contributed by atoms with van der Waals surface area (Å²) in [5.74, 6) is 0.655.